The van der Waals surface area contributed by atoms with Crippen LogP contribution in [0.5, 0.6) is 0 Å². The summed E-state index contributed by atoms with van der Waals surface area (Å²) in [6.45, 7) is 2.01. The van der Waals surface area contributed by atoms with E-state index < -0.39 is 0 Å². The molecule has 6 heteroatoms. The standard InChI is InChI=1S/C18H22N4O2/c23-18(22-9-10-24-17-4-2-1-3-16(17)22)15-7-5-14(6-8-15)11-21-13-19-12-20-21/h5-8,12-13,16-17H,1-4,9-11H2/t16-,17-/m0/s1. The van der Waals surface area contributed by atoms with Gasteiger partial charge in [0, 0.05) is 12.1 Å². The first kappa shape index (κ1) is 15.3. The molecule has 2 fully saturated rings. The van der Waals surface area contributed by atoms with Crippen LogP contribution in [-0.4, -0.2) is 50.9 Å². The number of aromatic nitrogens is 3. The number of amides is 1. The molecular weight excluding hydrogens is 304 g/mol. The van der Waals surface area contributed by atoms with Gasteiger partial charge in [0.1, 0.15) is 12.7 Å². The van der Waals surface area contributed by atoms with Gasteiger partial charge in [-0.15, -0.1) is 0 Å². The lowest BCUT2D eigenvalue weighted by Crippen LogP contribution is -2.54. The van der Waals surface area contributed by atoms with Crippen LogP contribution in [0.3, 0.4) is 0 Å². The summed E-state index contributed by atoms with van der Waals surface area (Å²) >= 11 is 0. The summed E-state index contributed by atoms with van der Waals surface area (Å²) in [4.78, 5) is 18.9. The van der Waals surface area contributed by atoms with Crippen LogP contribution in [0, 0.1) is 0 Å². The third kappa shape index (κ3) is 3.06. The van der Waals surface area contributed by atoms with Crippen LogP contribution in [0.2, 0.25) is 0 Å². The lowest BCUT2D eigenvalue weighted by atomic mass is 9.89. The number of fused-ring (bicyclic) bond motifs is 1. The number of carbonyl (C=O) groups is 1. The second-order valence-electron chi connectivity index (χ2n) is 6.55. The van der Waals surface area contributed by atoms with E-state index in [0.717, 1.165) is 24.0 Å². The number of benzene rings is 1. The van der Waals surface area contributed by atoms with Gasteiger partial charge in [0.05, 0.1) is 25.3 Å². The van der Waals surface area contributed by atoms with Crippen molar-refractivity contribution in [2.75, 3.05) is 13.2 Å². The van der Waals surface area contributed by atoms with Crippen molar-refractivity contribution < 1.29 is 9.53 Å². The van der Waals surface area contributed by atoms with Crippen molar-refractivity contribution in [2.24, 2.45) is 0 Å². The molecule has 1 aliphatic carbocycles. The van der Waals surface area contributed by atoms with E-state index in [1.54, 1.807) is 11.0 Å². The number of rotatable bonds is 3. The Morgan fingerprint density at radius 1 is 1.21 bits per heavy atom. The van der Waals surface area contributed by atoms with E-state index in [9.17, 15) is 4.79 Å². The normalized spacial score (nSPS) is 23.8. The Morgan fingerprint density at radius 2 is 2.04 bits per heavy atom. The Kier molecular flexibility index (Phi) is 4.30. The van der Waals surface area contributed by atoms with Crippen molar-refractivity contribution in [2.45, 2.75) is 44.4 Å². The third-order valence-corrected chi connectivity index (χ3v) is 5.01. The minimum atomic E-state index is 0.127. The first-order valence-corrected chi connectivity index (χ1v) is 8.65. The molecule has 1 amide bonds. The second-order valence-corrected chi connectivity index (χ2v) is 6.55. The second kappa shape index (κ2) is 6.73. The SMILES string of the molecule is O=C(c1ccc(Cn2cncn2)cc1)N1CCO[C@H]2CCCC[C@@H]21. The lowest BCUT2D eigenvalue weighted by molar-refractivity contribution is -0.0752. The van der Waals surface area contributed by atoms with E-state index in [-0.39, 0.29) is 18.1 Å². The molecule has 1 saturated carbocycles. The Morgan fingerprint density at radius 3 is 2.83 bits per heavy atom. The highest BCUT2D eigenvalue weighted by molar-refractivity contribution is 5.94. The number of hydrogen-bond acceptors (Lipinski definition) is 4. The van der Waals surface area contributed by atoms with Crippen molar-refractivity contribution in [3.05, 3.63) is 48.0 Å². The molecule has 4 rings (SSSR count). The van der Waals surface area contributed by atoms with Gasteiger partial charge in [0.15, 0.2) is 0 Å². The van der Waals surface area contributed by atoms with E-state index in [4.69, 9.17) is 4.74 Å². The molecule has 126 valence electrons. The van der Waals surface area contributed by atoms with Crippen molar-refractivity contribution in [1.29, 1.82) is 0 Å². The van der Waals surface area contributed by atoms with Gasteiger partial charge in [-0.1, -0.05) is 25.0 Å². The highest BCUT2D eigenvalue weighted by Gasteiger charge is 2.36. The average Bonchev–Trinajstić information content (AvgIpc) is 3.14. The van der Waals surface area contributed by atoms with Crippen LogP contribution < -0.4 is 0 Å². The maximum atomic E-state index is 12.9. The van der Waals surface area contributed by atoms with Crippen LogP contribution >= 0.6 is 0 Å². The quantitative estimate of drug-likeness (QED) is 0.867. The van der Waals surface area contributed by atoms with Crippen molar-refractivity contribution in [3.8, 4) is 0 Å². The number of morpholine rings is 1. The molecule has 0 unspecified atom stereocenters. The molecule has 2 aliphatic rings. The van der Waals surface area contributed by atoms with Crippen molar-refractivity contribution in [3.63, 3.8) is 0 Å². The van der Waals surface area contributed by atoms with Gasteiger partial charge in [-0.05, 0) is 30.5 Å². The Balaban J connectivity index is 1.47. The monoisotopic (exact) mass is 326 g/mol. The number of carbonyl (C=O) groups excluding carboxylic acids is 1. The molecular formula is C18H22N4O2. The highest BCUT2D eigenvalue weighted by atomic mass is 16.5. The summed E-state index contributed by atoms with van der Waals surface area (Å²) in [7, 11) is 0. The fourth-order valence-electron chi connectivity index (χ4n) is 3.77. The molecule has 0 bridgehead atoms. The van der Waals surface area contributed by atoms with Gasteiger partial charge in [-0.3, -0.25) is 4.79 Å². The Bertz CT molecular complexity index is 682. The van der Waals surface area contributed by atoms with Crippen LogP contribution in [0.15, 0.2) is 36.9 Å². The van der Waals surface area contributed by atoms with Crippen molar-refractivity contribution in [1.82, 2.24) is 19.7 Å². The molecule has 0 N–H and O–H groups in total. The van der Waals surface area contributed by atoms with Gasteiger partial charge < -0.3 is 9.64 Å². The topological polar surface area (TPSA) is 60.2 Å². The molecule has 2 atom stereocenters. The highest BCUT2D eigenvalue weighted by Crippen LogP contribution is 2.29. The van der Waals surface area contributed by atoms with E-state index in [1.165, 1.54) is 19.2 Å². The van der Waals surface area contributed by atoms with Crippen LogP contribution in [0.1, 0.15) is 41.6 Å². The molecule has 0 spiro atoms. The number of nitrogens with zero attached hydrogens (tertiary/aromatic N) is 4. The molecule has 2 heterocycles. The summed E-state index contributed by atoms with van der Waals surface area (Å²) in [5.41, 5.74) is 1.86. The minimum Gasteiger partial charge on any atom is -0.374 e. The van der Waals surface area contributed by atoms with Gasteiger partial charge in [-0.25, -0.2) is 9.67 Å². The summed E-state index contributed by atoms with van der Waals surface area (Å²) in [6.07, 6.45) is 7.97. The lowest BCUT2D eigenvalue weighted by Gasteiger charge is -2.43. The zero-order valence-corrected chi connectivity index (χ0v) is 13.7. The van der Waals surface area contributed by atoms with Crippen LogP contribution in [0.4, 0.5) is 0 Å². The molecule has 24 heavy (non-hydrogen) atoms. The predicted octanol–water partition coefficient (Wildman–Crippen LogP) is 2.11. The fourth-order valence-corrected chi connectivity index (χ4v) is 3.77. The van der Waals surface area contributed by atoms with Gasteiger partial charge in [0.2, 0.25) is 0 Å². The Hall–Kier alpha value is -2.21. The summed E-state index contributed by atoms with van der Waals surface area (Å²) in [5.74, 6) is 0.127. The summed E-state index contributed by atoms with van der Waals surface area (Å²) in [6, 6.07) is 8.07. The molecule has 1 aromatic heterocycles. The summed E-state index contributed by atoms with van der Waals surface area (Å²) in [5, 5.41) is 4.10. The molecule has 1 saturated heterocycles. The average molecular weight is 326 g/mol. The molecule has 2 aromatic rings. The first-order valence-electron chi connectivity index (χ1n) is 8.65. The maximum absolute atomic E-state index is 12.9. The van der Waals surface area contributed by atoms with E-state index in [2.05, 4.69) is 10.1 Å². The predicted molar refractivity (Wildman–Crippen MR) is 88.6 cm³/mol. The molecule has 1 aliphatic heterocycles. The molecule has 6 nitrogen and oxygen atoms in total. The van der Waals surface area contributed by atoms with Gasteiger partial charge in [0.25, 0.3) is 5.91 Å². The van der Waals surface area contributed by atoms with Crippen molar-refractivity contribution >= 4 is 5.91 Å². The van der Waals surface area contributed by atoms with Gasteiger partial charge in [-0.2, -0.15) is 5.10 Å². The maximum Gasteiger partial charge on any atom is 0.254 e. The largest absolute Gasteiger partial charge is 0.374 e. The van der Waals surface area contributed by atoms with Crippen LogP contribution in [0.25, 0.3) is 0 Å². The van der Waals surface area contributed by atoms with E-state index in [1.807, 2.05) is 29.2 Å². The number of hydrogen-bond donors (Lipinski definition) is 0. The molecule has 1 aromatic carbocycles. The van der Waals surface area contributed by atoms with E-state index in [0.29, 0.717) is 19.7 Å². The Labute approximate surface area is 141 Å². The van der Waals surface area contributed by atoms with Crippen LogP contribution in [-0.2, 0) is 11.3 Å². The first-order chi connectivity index (χ1) is 11.8. The summed E-state index contributed by atoms with van der Waals surface area (Å²) < 4.78 is 7.64. The van der Waals surface area contributed by atoms with E-state index >= 15 is 0 Å². The minimum absolute atomic E-state index is 0.127. The fraction of sp³-hybridized carbons (Fsp3) is 0.500. The zero-order chi connectivity index (χ0) is 16.4. The van der Waals surface area contributed by atoms with Gasteiger partial charge >= 0.3 is 0 Å². The number of ether oxygens (including phenoxy) is 1. The zero-order valence-electron chi connectivity index (χ0n) is 13.7. The smallest absolute Gasteiger partial charge is 0.254 e. The molecule has 0 radical (unpaired) electrons. The third-order valence-electron chi connectivity index (χ3n) is 5.01.